The quantitative estimate of drug-likeness (QED) is 0.705. The highest BCUT2D eigenvalue weighted by atomic mass is 16.1. The molecule has 1 saturated heterocycles. The van der Waals surface area contributed by atoms with Crippen LogP contribution in [0.5, 0.6) is 0 Å². The summed E-state index contributed by atoms with van der Waals surface area (Å²) in [4.78, 5) is 11.4. The molecule has 4 heteroatoms. The van der Waals surface area contributed by atoms with Crippen molar-refractivity contribution < 1.29 is 0 Å². The van der Waals surface area contributed by atoms with Gasteiger partial charge < -0.3 is 9.58 Å². The number of aryl methyl sites for hydroxylation is 1. The largest absolute Gasteiger partial charge is 0.318 e. The normalized spacial score (nSPS) is 17.1. The predicted molar refractivity (Wildman–Crippen MR) is 56.3 cm³/mol. The van der Waals surface area contributed by atoms with E-state index in [4.69, 9.17) is 0 Å². The summed E-state index contributed by atoms with van der Waals surface area (Å²) in [5.74, 6) is 0. The van der Waals surface area contributed by atoms with Crippen molar-refractivity contribution in [3.05, 3.63) is 28.7 Å². The molecular formula is C10H15N3O. The minimum atomic E-state index is 0.0369. The van der Waals surface area contributed by atoms with E-state index in [-0.39, 0.29) is 5.56 Å². The molecule has 0 unspecified atom stereocenters. The Morgan fingerprint density at radius 1 is 1.43 bits per heavy atom. The third-order valence-corrected chi connectivity index (χ3v) is 2.51. The molecule has 76 valence electrons. The van der Waals surface area contributed by atoms with Gasteiger partial charge in [0, 0.05) is 32.4 Å². The average molecular weight is 193 g/mol. The summed E-state index contributed by atoms with van der Waals surface area (Å²) in [7, 11) is 1.76. The topological polar surface area (TPSA) is 37.3 Å². The van der Waals surface area contributed by atoms with Gasteiger partial charge in [-0.15, -0.1) is 0 Å². The molecule has 1 fully saturated rings. The van der Waals surface area contributed by atoms with Crippen LogP contribution in [0.1, 0.15) is 12.8 Å². The van der Waals surface area contributed by atoms with Gasteiger partial charge in [0.1, 0.15) is 0 Å². The third kappa shape index (κ3) is 1.80. The number of hydrogen-bond donors (Lipinski definition) is 1. The minimum absolute atomic E-state index is 0.0369. The van der Waals surface area contributed by atoms with E-state index in [1.165, 1.54) is 12.8 Å². The number of pyridine rings is 1. The van der Waals surface area contributed by atoms with Crippen molar-refractivity contribution in [1.29, 1.82) is 0 Å². The molecule has 0 aliphatic carbocycles. The van der Waals surface area contributed by atoms with Crippen molar-refractivity contribution in [1.82, 2.24) is 9.99 Å². The molecule has 0 saturated carbocycles. The molecule has 2 heterocycles. The molecule has 1 aromatic heterocycles. The van der Waals surface area contributed by atoms with Crippen LogP contribution >= 0.6 is 0 Å². The first-order valence-electron chi connectivity index (χ1n) is 4.95. The van der Waals surface area contributed by atoms with Gasteiger partial charge in [-0.1, -0.05) is 0 Å². The number of hydrogen-bond acceptors (Lipinski definition) is 3. The van der Waals surface area contributed by atoms with Gasteiger partial charge in [-0.05, 0) is 18.9 Å². The van der Waals surface area contributed by atoms with E-state index in [2.05, 4.69) is 5.43 Å². The van der Waals surface area contributed by atoms with Crippen molar-refractivity contribution in [2.45, 2.75) is 12.8 Å². The standard InChI is InChI=1S/C10H15N3O/c1-12-7-4-9(8-10(12)14)13-6-3-2-5-11-13/h4,7-8,11H,2-3,5-6H2,1H3. The molecule has 2 rings (SSSR count). The number of rotatable bonds is 1. The first-order chi connectivity index (χ1) is 6.77. The highest BCUT2D eigenvalue weighted by molar-refractivity contribution is 5.43. The monoisotopic (exact) mass is 193 g/mol. The van der Waals surface area contributed by atoms with Gasteiger partial charge in [0.2, 0.25) is 0 Å². The maximum atomic E-state index is 11.4. The van der Waals surface area contributed by atoms with E-state index in [1.54, 1.807) is 23.9 Å². The minimum Gasteiger partial charge on any atom is -0.318 e. The van der Waals surface area contributed by atoms with Crippen LogP contribution < -0.4 is 16.0 Å². The summed E-state index contributed by atoms with van der Waals surface area (Å²) in [5, 5.41) is 2.05. The van der Waals surface area contributed by atoms with Gasteiger partial charge in [-0.25, -0.2) is 5.43 Å². The van der Waals surface area contributed by atoms with Gasteiger partial charge in [-0.2, -0.15) is 0 Å². The first-order valence-corrected chi connectivity index (χ1v) is 4.95. The molecule has 0 atom stereocenters. The SMILES string of the molecule is Cn1ccc(N2CCCCN2)cc1=O. The second-order valence-electron chi connectivity index (χ2n) is 3.60. The zero-order valence-corrected chi connectivity index (χ0v) is 8.36. The van der Waals surface area contributed by atoms with E-state index < -0.39 is 0 Å². The van der Waals surface area contributed by atoms with Gasteiger partial charge in [-0.3, -0.25) is 4.79 Å². The van der Waals surface area contributed by atoms with Crippen LogP contribution in [0.3, 0.4) is 0 Å². The Bertz CT molecular complexity index is 366. The summed E-state index contributed by atoms with van der Waals surface area (Å²) in [5.41, 5.74) is 4.27. The van der Waals surface area contributed by atoms with Crippen LogP contribution in [0, 0.1) is 0 Å². The summed E-state index contributed by atoms with van der Waals surface area (Å²) < 4.78 is 1.58. The lowest BCUT2D eigenvalue weighted by Crippen LogP contribution is -2.43. The van der Waals surface area contributed by atoms with E-state index >= 15 is 0 Å². The summed E-state index contributed by atoms with van der Waals surface area (Å²) >= 11 is 0. The smallest absolute Gasteiger partial charge is 0.252 e. The van der Waals surface area contributed by atoms with E-state index in [9.17, 15) is 4.79 Å². The number of nitrogens with one attached hydrogen (secondary N) is 1. The maximum absolute atomic E-state index is 11.4. The Morgan fingerprint density at radius 3 is 2.93 bits per heavy atom. The fourth-order valence-electron chi connectivity index (χ4n) is 1.61. The third-order valence-electron chi connectivity index (χ3n) is 2.51. The van der Waals surface area contributed by atoms with Crippen LogP contribution in [0.25, 0.3) is 0 Å². The van der Waals surface area contributed by atoms with Crippen molar-refractivity contribution in [3.63, 3.8) is 0 Å². The average Bonchev–Trinajstić information content (AvgIpc) is 2.23. The fraction of sp³-hybridized carbons (Fsp3) is 0.500. The summed E-state index contributed by atoms with van der Waals surface area (Å²) in [6.45, 7) is 1.97. The van der Waals surface area contributed by atoms with Gasteiger partial charge in [0.15, 0.2) is 0 Å². The Labute approximate surface area is 83.1 Å². The molecule has 0 spiro atoms. The number of nitrogens with zero attached hydrogens (tertiary/aromatic N) is 2. The first kappa shape index (κ1) is 9.27. The molecule has 0 aromatic carbocycles. The highest BCUT2D eigenvalue weighted by Gasteiger charge is 2.10. The molecule has 0 amide bonds. The van der Waals surface area contributed by atoms with E-state index in [0.717, 1.165) is 18.8 Å². The molecule has 14 heavy (non-hydrogen) atoms. The van der Waals surface area contributed by atoms with Crippen LogP contribution in [-0.2, 0) is 7.05 Å². The van der Waals surface area contributed by atoms with Crippen LogP contribution in [-0.4, -0.2) is 17.7 Å². The lowest BCUT2D eigenvalue weighted by Gasteiger charge is -2.29. The van der Waals surface area contributed by atoms with Crippen LogP contribution in [0.2, 0.25) is 0 Å². The summed E-state index contributed by atoms with van der Waals surface area (Å²) in [6.07, 6.45) is 4.19. The Hall–Kier alpha value is -1.29. The summed E-state index contributed by atoms with van der Waals surface area (Å²) in [6, 6.07) is 3.62. The molecular weight excluding hydrogens is 178 g/mol. The van der Waals surface area contributed by atoms with Crippen molar-refractivity contribution >= 4 is 5.69 Å². The Kier molecular flexibility index (Phi) is 2.54. The number of aromatic nitrogens is 1. The van der Waals surface area contributed by atoms with Gasteiger partial charge in [0.05, 0.1) is 5.69 Å². The van der Waals surface area contributed by atoms with Crippen molar-refractivity contribution in [3.8, 4) is 0 Å². The Morgan fingerprint density at radius 2 is 2.29 bits per heavy atom. The van der Waals surface area contributed by atoms with E-state index in [0.29, 0.717) is 0 Å². The van der Waals surface area contributed by atoms with Crippen LogP contribution in [0.15, 0.2) is 23.1 Å². The molecule has 0 bridgehead atoms. The van der Waals surface area contributed by atoms with Gasteiger partial charge >= 0.3 is 0 Å². The number of anilines is 1. The van der Waals surface area contributed by atoms with Crippen LogP contribution in [0.4, 0.5) is 5.69 Å². The molecule has 0 radical (unpaired) electrons. The second kappa shape index (κ2) is 3.84. The molecule has 1 N–H and O–H groups in total. The zero-order valence-electron chi connectivity index (χ0n) is 8.36. The molecule has 1 aliphatic heterocycles. The zero-order chi connectivity index (χ0) is 9.97. The Balaban J connectivity index is 2.23. The second-order valence-corrected chi connectivity index (χ2v) is 3.60. The predicted octanol–water partition coefficient (Wildman–Crippen LogP) is 0.490. The number of hydrazine groups is 1. The fourth-order valence-corrected chi connectivity index (χ4v) is 1.61. The lowest BCUT2D eigenvalue weighted by molar-refractivity contribution is 0.511. The van der Waals surface area contributed by atoms with E-state index in [1.807, 2.05) is 11.1 Å². The van der Waals surface area contributed by atoms with Crippen molar-refractivity contribution in [2.24, 2.45) is 7.05 Å². The molecule has 1 aliphatic rings. The maximum Gasteiger partial charge on any atom is 0.252 e. The highest BCUT2D eigenvalue weighted by Crippen LogP contribution is 2.11. The lowest BCUT2D eigenvalue weighted by atomic mass is 10.2. The molecule has 1 aromatic rings. The van der Waals surface area contributed by atoms with Crippen molar-refractivity contribution in [2.75, 3.05) is 18.1 Å². The van der Waals surface area contributed by atoms with Gasteiger partial charge in [0.25, 0.3) is 5.56 Å². The molecule has 4 nitrogen and oxygen atoms in total.